The number of alkyl halides is 6. The molecule has 1 heterocycles. The molecule has 1 rings (SSSR count). The number of rotatable bonds is 2. The van der Waals surface area contributed by atoms with E-state index in [1.165, 1.54) is 0 Å². The molecule has 1 nitrogen and oxygen atoms in total. The Bertz CT molecular complexity index is 389. The zero-order chi connectivity index (χ0) is 12.5. The highest BCUT2D eigenvalue weighted by Crippen LogP contribution is 2.38. The van der Waals surface area contributed by atoms with Crippen LogP contribution in [0.2, 0.25) is 0 Å². The third-order valence-electron chi connectivity index (χ3n) is 1.77. The average molecular weight is 264 g/mol. The van der Waals surface area contributed by atoms with Crippen LogP contribution in [0.4, 0.5) is 26.3 Å². The maximum atomic E-state index is 13.2. The first-order valence-electron chi connectivity index (χ1n) is 3.87. The molecule has 0 aliphatic rings. The highest BCUT2D eigenvalue weighted by atomic mass is 35.5. The Balaban J connectivity index is 3.50. The highest BCUT2D eigenvalue weighted by Gasteiger charge is 2.40. The minimum absolute atomic E-state index is 0.286. The minimum Gasteiger partial charge on any atom is -0.256 e. The first kappa shape index (κ1) is 13.1. The Hall–Kier alpha value is -0.980. The van der Waals surface area contributed by atoms with Gasteiger partial charge in [0, 0.05) is 6.20 Å². The molecule has 16 heavy (non-hydrogen) atoms. The second-order valence-corrected chi connectivity index (χ2v) is 3.05. The maximum absolute atomic E-state index is 13.2. The van der Waals surface area contributed by atoms with E-state index in [0.29, 0.717) is 0 Å². The molecule has 0 aromatic carbocycles. The van der Waals surface area contributed by atoms with Gasteiger partial charge in [0.2, 0.25) is 0 Å². The van der Waals surface area contributed by atoms with Crippen molar-refractivity contribution >= 4 is 11.6 Å². The number of nitrogens with zero attached hydrogens (tertiary/aromatic N) is 1. The van der Waals surface area contributed by atoms with Crippen molar-refractivity contribution in [1.82, 2.24) is 4.98 Å². The average Bonchev–Trinajstić information content (AvgIpc) is 2.14. The molecule has 0 aliphatic carbocycles. The third kappa shape index (κ3) is 2.40. The molecule has 1 aromatic rings. The molecular weight excluding hydrogens is 260 g/mol. The molecule has 8 heteroatoms. The van der Waals surface area contributed by atoms with Gasteiger partial charge in [-0.25, -0.2) is 13.2 Å². The Morgan fingerprint density at radius 2 is 1.88 bits per heavy atom. The summed E-state index contributed by atoms with van der Waals surface area (Å²) in [5, 5.41) is 0. The van der Waals surface area contributed by atoms with Gasteiger partial charge in [0.1, 0.15) is 5.56 Å². The second kappa shape index (κ2) is 4.48. The summed E-state index contributed by atoms with van der Waals surface area (Å²) in [5.41, 5.74) is -4.20. The molecule has 0 radical (unpaired) electrons. The van der Waals surface area contributed by atoms with Gasteiger partial charge in [0.15, 0.2) is 5.82 Å². The molecule has 90 valence electrons. The molecule has 0 N–H and O–H groups in total. The van der Waals surface area contributed by atoms with Crippen LogP contribution in [0.5, 0.6) is 0 Å². The molecular formula is C8H4ClF6N. The van der Waals surface area contributed by atoms with Crippen molar-refractivity contribution in [1.29, 1.82) is 0 Å². The quantitative estimate of drug-likeness (QED) is 0.582. The van der Waals surface area contributed by atoms with Crippen LogP contribution in [0.15, 0.2) is 6.20 Å². The van der Waals surface area contributed by atoms with Crippen molar-refractivity contribution in [3.63, 3.8) is 0 Å². The van der Waals surface area contributed by atoms with Crippen LogP contribution < -0.4 is 0 Å². The van der Waals surface area contributed by atoms with Crippen molar-refractivity contribution in [3.05, 3.63) is 28.8 Å². The standard InChI is InChI=1S/C8H4ClF6N/c9-1-4-6(10)5(8(13,14)15)3(2-16-4)7(11)12/h2,7H,1H2. The highest BCUT2D eigenvalue weighted by molar-refractivity contribution is 6.16. The first-order valence-corrected chi connectivity index (χ1v) is 4.41. The molecule has 0 amide bonds. The summed E-state index contributed by atoms with van der Waals surface area (Å²) in [6.45, 7) is 0. The molecule has 0 unspecified atom stereocenters. The van der Waals surface area contributed by atoms with Crippen molar-refractivity contribution in [2.24, 2.45) is 0 Å². The van der Waals surface area contributed by atoms with Crippen molar-refractivity contribution < 1.29 is 26.3 Å². The van der Waals surface area contributed by atoms with Crippen LogP contribution in [-0.2, 0) is 12.1 Å². The topological polar surface area (TPSA) is 12.9 Å². The van der Waals surface area contributed by atoms with Gasteiger partial charge in [-0.15, -0.1) is 11.6 Å². The summed E-state index contributed by atoms with van der Waals surface area (Å²) in [6, 6.07) is 0. The van der Waals surface area contributed by atoms with Crippen LogP contribution in [0.3, 0.4) is 0 Å². The van der Waals surface area contributed by atoms with E-state index in [2.05, 4.69) is 4.98 Å². The lowest BCUT2D eigenvalue weighted by atomic mass is 10.1. The van der Waals surface area contributed by atoms with E-state index in [1.54, 1.807) is 0 Å². The van der Waals surface area contributed by atoms with Gasteiger partial charge in [-0.1, -0.05) is 0 Å². The summed E-state index contributed by atoms with van der Waals surface area (Å²) >= 11 is 5.13. The summed E-state index contributed by atoms with van der Waals surface area (Å²) in [6.07, 6.45) is -8.38. The van der Waals surface area contributed by atoms with Crippen LogP contribution >= 0.6 is 11.6 Å². The number of hydrogen-bond donors (Lipinski definition) is 0. The maximum Gasteiger partial charge on any atom is 0.419 e. The van der Waals surface area contributed by atoms with E-state index >= 15 is 0 Å². The minimum atomic E-state index is -5.21. The number of halogens is 7. The van der Waals surface area contributed by atoms with Crippen LogP contribution in [0.1, 0.15) is 23.2 Å². The fraction of sp³-hybridized carbons (Fsp3) is 0.375. The van der Waals surface area contributed by atoms with Gasteiger partial charge in [-0.05, 0) is 0 Å². The van der Waals surface area contributed by atoms with Crippen molar-refractivity contribution in [2.75, 3.05) is 0 Å². The summed E-state index contributed by atoms with van der Waals surface area (Å²) in [5.74, 6) is -2.47. The van der Waals surface area contributed by atoms with E-state index in [4.69, 9.17) is 11.6 Å². The van der Waals surface area contributed by atoms with Gasteiger partial charge in [0.25, 0.3) is 6.43 Å². The largest absolute Gasteiger partial charge is 0.419 e. The Labute approximate surface area is 91.0 Å². The molecule has 0 saturated carbocycles. The second-order valence-electron chi connectivity index (χ2n) is 2.78. The van der Waals surface area contributed by atoms with Gasteiger partial charge in [-0.3, -0.25) is 4.98 Å². The van der Waals surface area contributed by atoms with E-state index in [9.17, 15) is 26.3 Å². The molecule has 0 saturated heterocycles. The van der Waals surface area contributed by atoms with E-state index in [-0.39, 0.29) is 6.20 Å². The normalized spacial score (nSPS) is 12.2. The van der Waals surface area contributed by atoms with Crippen LogP contribution in [-0.4, -0.2) is 4.98 Å². The smallest absolute Gasteiger partial charge is 0.256 e. The zero-order valence-electron chi connectivity index (χ0n) is 7.45. The fourth-order valence-electron chi connectivity index (χ4n) is 1.09. The molecule has 0 spiro atoms. The SMILES string of the molecule is Fc1c(CCl)ncc(C(F)F)c1C(F)(F)F. The molecule has 0 atom stereocenters. The summed E-state index contributed by atoms with van der Waals surface area (Å²) in [4.78, 5) is 3.11. The van der Waals surface area contributed by atoms with Crippen LogP contribution in [0, 0.1) is 5.82 Å². The van der Waals surface area contributed by atoms with Gasteiger partial charge in [-0.2, -0.15) is 13.2 Å². The lowest BCUT2D eigenvalue weighted by Crippen LogP contribution is -2.15. The lowest BCUT2D eigenvalue weighted by Gasteiger charge is -2.14. The van der Waals surface area contributed by atoms with Gasteiger partial charge >= 0.3 is 6.18 Å². The van der Waals surface area contributed by atoms with Crippen molar-refractivity contribution in [2.45, 2.75) is 18.5 Å². The number of aromatic nitrogens is 1. The Kier molecular flexibility index (Phi) is 3.67. The first-order chi connectivity index (χ1) is 7.29. The van der Waals surface area contributed by atoms with E-state index < -0.39 is 41.1 Å². The molecule has 0 bridgehead atoms. The summed E-state index contributed by atoms with van der Waals surface area (Å²) < 4.78 is 74.7. The van der Waals surface area contributed by atoms with Gasteiger partial charge in [0.05, 0.1) is 17.1 Å². The molecule has 0 fully saturated rings. The van der Waals surface area contributed by atoms with E-state index in [1.807, 2.05) is 0 Å². The van der Waals surface area contributed by atoms with E-state index in [0.717, 1.165) is 0 Å². The summed E-state index contributed by atoms with van der Waals surface area (Å²) in [7, 11) is 0. The molecule has 1 aromatic heterocycles. The monoisotopic (exact) mass is 263 g/mol. The predicted octanol–water partition coefficient (Wildman–Crippen LogP) is 3.92. The molecule has 0 aliphatic heterocycles. The Morgan fingerprint density at radius 3 is 2.25 bits per heavy atom. The number of hydrogen-bond acceptors (Lipinski definition) is 1. The predicted molar refractivity (Wildman–Crippen MR) is 43.7 cm³/mol. The lowest BCUT2D eigenvalue weighted by molar-refractivity contribution is -0.142. The fourth-order valence-corrected chi connectivity index (χ4v) is 1.27. The third-order valence-corrected chi connectivity index (χ3v) is 2.02. The zero-order valence-corrected chi connectivity index (χ0v) is 8.21. The van der Waals surface area contributed by atoms with Crippen molar-refractivity contribution in [3.8, 4) is 0 Å². The Morgan fingerprint density at radius 1 is 1.31 bits per heavy atom. The number of pyridine rings is 1. The van der Waals surface area contributed by atoms with Crippen LogP contribution in [0.25, 0.3) is 0 Å². The van der Waals surface area contributed by atoms with Gasteiger partial charge < -0.3 is 0 Å².